The number of halogens is 2. The molecule has 32 heavy (non-hydrogen) atoms. The number of carbonyl (C=O) groups excluding carboxylic acids is 1. The zero-order chi connectivity index (χ0) is 22.1. The van der Waals surface area contributed by atoms with E-state index in [1.54, 1.807) is 6.07 Å². The normalized spacial score (nSPS) is 13.5. The van der Waals surface area contributed by atoms with Crippen molar-refractivity contribution in [3.63, 3.8) is 0 Å². The molecule has 4 heterocycles. The smallest absolute Gasteiger partial charge is 0.263 e. The van der Waals surface area contributed by atoms with Gasteiger partial charge in [-0.15, -0.1) is 11.3 Å². The Hall–Kier alpha value is -3.08. The van der Waals surface area contributed by atoms with Gasteiger partial charge in [0, 0.05) is 40.8 Å². The number of nitrogens with zero attached hydrogens (tertiary/aromatic N) is 3. The lowest BCUT2D eigenvalue weighted by molar-refractivity contribution is 0.0962. The molecule has 11 heteroatoms. The molecule has 1 aliphatic rings. The van der Waals surface area contributed by atoms with Crippen LogP contribution in [0, 0.1) is 0 Å². The lowest BCUT2D eigenvalue weighted by Crippen LogP contribution is -2.24. The van der Waals surface area contributed by atoms with Crippen LogP contribution in [0.1, 0.15) is 15.2 Å². The molecule has 0 aliphatic carbocycles. The van der Waals surface area contributed by atoms with Crippen LogP contribution in [0.4, 0.5) is 10.1 Å². The number of thiophene rings is 1. The van der Waals surface area contributed by atoms with Gasteiger partial charge >= 0.3 is 0 Å². The molecule has 0 unspecified atom stereocenters. The van der Waals surface area contributed by atoms with Crippen molar-refractivity contribution in [1.82, 2.24) is 20.3 Å². The first-order valence-electron chi connectivity index (χ1n) is 9.85. The molecule has 5 rings (SSSR count). The fourth-order valence-corrected chi connectivity index (χ4v) is 4.74. The number of fused-ring (bicyclic) bond motifs is 5. The average molecular weight is 474 g/mol. The molecule has 1 aliphatic heterocycles. The third-order valence-electron chi connectivity index (χ3n) is 4.89. The van der Waals surface area contributed by atoms with Gasteiger partial charge in [-0.25, -0.2) is 14.4 Å². The van der Waals surface area contributed by atoms with Gasteiger partial charge in [0.2, 0.25) is 17.0 Å². The molecule has 0 saturated heterocycles. The van der Waals surface area contributed by atoms with Gasteiger partial charge in [-0.3, -0.25) is 4.79 Å². The minimum Gasteiger partial charge on any atom is -0.420 e. The summed E-state index contributed by atoms with van der Waals surface area (Å²) in [6.45, 7) is 0.676. The van der Waals surface area contributed by atoms with Crippen LogP contribution in [0.25, 0.3) is 21.0 Å². The van der Waals surface area contributed by atoms with E-state index in [4.69, 9.17) is 21.1 Å². The fraction of sp³-hybridized carbons (Fsp3) is 0.238. The summed E-state index contributed by atoms with van der Waals surface area (Å²) in [5, 5.41) is 8.13. The van der Waals surface area contributed by atoms with Crippen LogP contribution in [0.3, 0.4) is 0 Å². The number of carbonyl (C=O) groups is 1. The highest BCUT2D eigenvalue weighted by Crippen LogP contribution is 2.41. The number of hydrogen-bond donors (Lipinski definition) is 2. The topological polar surface area (TPSA) is 98.3 Å². The third kappa shape index (κ3) is 3.92. The van der Waals surface area contributed by atoms with Crippen molar-refractivity contribution in [2.24, 2.45) is 0 Å². The number of hydrogen-bond acceptors (Lipinski definition) is 8. The number of amides is 1. The van der Waals surface area contributed by atoms with Gasteiger partial charge in [-0.05, 0) is 29.8 Å². The van der Waals surface area contributed by atoms with E-state index in [0.717, 1.165) is 21.2 Å². The van der Waals surface area contributed by atoms with Gasteiger partial charge < -0.3 is 20.1 Å². The zero-order valence-corrected chi connectivity index (χ0v) is 18.2. The van der Waals surface area contributed by atoms with Gasteiger partial charge in [0.1, 0.15) is 11.6 Å². The number of anilines is 1. The van der Waals surface area contributed by atoms with E-state index in [0.29, 0.717) is 34.9 Å². The van der Waals surface area contributed by atoms with Gasteiger partial charge in [-0.1, -0.05) is 0 Å². The van der Waals surface area contributed by atoms with E-state index in [1.807, 2.05) is 18.2 Å². The molecule has 8 nitrogen and oxygen atoms in total. The fourth-order valence-electron chi connectivity index (χ4n) is 3.51. The van der Waals surface area contributed by atoms with Crippen molar-refractivity contribution in [2.45, 2.75) is 6.61 Å². The van der Waals surface area contributed by atoms with Crippen molar-refractivity contribution in [1.29, 1.82) is 0 Å². The first kappa shape index (κ1) is 20.8. The predicted molar refractivity (Wildman–Crippen MR) is 121 cm³/mol. The van der Waals surface area contributed by atoms with Crippen molar-refractivity contribution >= 4 is 55.5 Å². The van der Waals surface area contributed by atoms with E-state index in [-0.39, 0.29) is 30.3 Å². The Bertz CT molecular complexity index is 1330. The van der Waals surface area contributed by atoms with E-state index in [2.05, 4.69) is 25.6 Å². The Morgan fingerprint density at radius 1 is 1.16 bits per heavy atom. The molecule has 2 N–H and O–H groups in total. The van der Waals surface area contributed by atoms with Crippen molar-refractivity contribution in [3.8, 4) is 11.8 Å². The van der Waals surface area contributed by atoms with Crippen LogP contribution in [0.5, 0.6) is 11.8 Å². The largest absolute Gasteiger partial charge is 0.420 e. The van der Waals surface area contributed by atoms with Gasteiger partial charge in [0.15, 0.2) is 0 Å². The van der Waals surface area contributed by atoms with Gasteiger partial charge in [0.05, 0.1) is 30.0 Å². The molecule has 0 fully saturated rings. The molecule has 1 aromatic carbocycles. The summed E-state index contributed by atoms with van der Waals surface area (Å²) >= 11 is 7.37. The minimum absolute atomic E-state index is 0.0158. The molecule has 3 aromatic heterocycles. The molecule has 0 spiro atoms. The van der Waals surface area contributed by atoms with Crippen LogP contribution in [0.2, 0.25) is 5.28 Å². The molecular formula is C21H17ClFN5O3S. The van der Waals surface area contributed by atoms with Crippen LogP contribution < -0.4 is 15.4 Å². The molecule has 0 saturated carbocycles. The molecule has 4 aromatic rings. The average Bonchev–Trinajstić information content (AvgIpc) is 3.07. The second kappa shape index (κ2) is 8.81. The summed E-state index contributed by atoms with van der Waals surface area (Å²) in [6.07, 6.45) is 1.48. The number of ether oxygens (including phenoxy) is 2. The van der Waals surface area contributed by atoms with E-state index >= 15 is 0 Å². The van der Waals surface area contributed by atoms with Gasteiger partial charge in [0.25, 0.3) is 5.91 Å². The second-order valence-corrected chi connectivity index (χ2v) is 8.35. The lowest BCUT2D eigenvalue weighted by atomic mass is 10.1. The Morgan fingerprint density at radius 3 is 2.91 bits per heavy atom. The summed E-state index contributed by atoms with van der Waals surface area (Å²) < 4.78 is 24.5. The number of aromatic nitrogens is 3. The summed E-state index contributed by atoms with van der Waals surface area (Å²) in [7, 11) is 0. The minimum atomic E-state index is -0.589. The number of benzene rings is 1. The summed E-state index contributed by atoms with van der Waals surface area (Å²) in [6, 6.07) is 7.46. The Kier molecular flexibility index (Phi) is 5.73. The maximum Gasteiger partial charge on any atom is 0.263 e. The Labute approximate surface area is 190 Å². The first-order valence-corrected chi connectivity index (χ1v) is 11.0. The van der Waals surface area contributed by atoms with Crippen molar-refractivity contribution < 1.29 is 18.7 Å². The first-order chi connectivity index (χ1) is 15.6. The Balaban J connectivity index is 1.52. The van der Waals surface area contributed by atoms with Crippen LogP contribution in [-0.2, 0) is 11.3 Å². The molecule has 0 radical (unpaired) electrons. The highest BCUT2D eigenvalue weighted by atomic mass is 35.5. The number of pyridine rings is 1. The Morgan fingerprint density at radius 2 is 2.03 bits per heavy atom. The predicted octanol–water partition coefficient (Wildman–Crippen LogP) is 4.33. The summed E-state index contributed by atoms with van der Waals surface area (Å²) in [5.74, 6) is 0.431. The molecule has 1 amide bonds. The maximum absolute atomic E-state index is 12.4. The SMILES string of the molecule is O=C1NCCNc2c1sc1ccc3nc(Oc4nc(Cl)ncc4COCCF)ccc3c21. The quantitative estimate of drug-likeness (QED) is 0.318. The van der Waals surface area contributed by atoms with E-state index in [1.165, 1.54) is 17.5 Å². The summed E-state index contributed by atoms with van der Waals surface area (Å²) in [5.41, 5.74) is 2.06. The monoisotopic (exact) mass is 473 g/mol. The van der Waals surface area contributed by atoms with E-state index in [9.17, 15) is 9.18 Å². The second-order valence-electron chi connectivity index (χ2n) is 6.96. The third-order valence-corrected chi connectivity index (χ3v) is 6.23. The molecule has 164 valence electrons. The van der Waals surface area contributed by atoms with Crippen LogP contribution >= 0.6 is 22.9 Å². The maximum atomic E-state index is 12.4. The summed E-state index contributed by atoms with van der Waals surface area (Å²) in [4.78, 5) is 25.7. The van der Waals surface area contributed by atoms with Crippen LogP contribution in [-0.4, -0.2) is 47.2 Å². The van der Waals surface area contributed by atoms with Gasteiger partial charge in [-0.2, -0.15) is 4.98 Å². The highest BCUT2D eigenvalue weighted by Gasteiger charge is 2.22. The van der Waals surface area contributed by atoms with Crippen molar-refractivity contribution in [3.05, 3.63) is 46.2 Å². The highest BCUT2D eigenvalue weighted by molar-refractivity contribution is 7.21. The number of rotatable bonds is 6. The number of nitrogens with one attached hydrogen (secondary N) is 2. The van der Waals surface area contributed by atoms with Crippen molar-refractivity contribution in [2.75, 3.05) is 31.7 Å². The van der Waals surface area contributed by atoms with E-state index < -0.39 is 6.67 Å². The standard InChI is InChI=1S/C21H17ClFN5O3S/c22-21-26-9-11(10-30-8-5-23)20(28-21)31-15-4-1-12-13(27-15)2-3-14-16(12)17-18(32-14)19(29)25-7-6-24-17/h1-4,9,24H,5-8,10H2,(H,25,29). The molecule has 0 atom stereocenters. The molecule has 0 bridgehead atoms. The van der Waals surface area contributed by atoms with Crippen LogP contribution in [0.15, 0.2) is 30.5 Å². The number of alkyl halides is 1. The zero-order valence-electron chi connectivity index (χ0n) is 16.7. The lowest BCUT2D eigenvalue weighted by Gasteiger charge is -2.10. The molecular weight excluding hydrogens is 457 g/mol.